The molecule has 0 spiro atoms. The van der Waals surface area contributed by atoms with Crippen molar-refractivity contribution in [2.45, 2.75) is 38.3 Å². The summed E-state index contributed by atoms with van der Waals surface area (Å²) in [4.78, 5) is 25.8. The van der Waals surface area contributed by atoms with Gasteiger partial charge in [0.15, 0.2) is 0 Å². The van der Waals surface area contributed by atoms with Crippen LogP contribution >= 0.6 is 0 Å². The zero-order valence-electron chi connectivity index (χ0n) is 10.6. The average molecular weight is 270 g/mol. The number of rotatable bonds is 6. The Morgan fingerprint density at radius 1 is 1.42 bits per heavy atom. The first kappa shape index (κ1) is 15.1. The lowest BCUT2D eigenvalue weighted by atomic mass is 10.1. The smallest absolute Gasteiger partial charge is 0.417 e. The predicted octanol–water partition coefficient (Wildman–Crippen LogP) is -0.357. The van der Waals surface area contributed by atoms with Crippen LogP contribution in [-0.2, 0) is 17.6 Å². The second-order valence-electron chi connectivity index (χ2n) is 4.47. The molecule has 19 heavy (non-hydrogen) atoms. The van der Waals surface area contributed by atoms with Crippen molar-refractivity contribution in [3.8, 4) is 0 Å². The molecule has 1 aromatic rings. The van der Waals surface area contributed by atoms with E-state index in [1.165, 1.54) is 6.20 Å². The third-order valence-corrected chi connectivity index (χ3v) is 2.56. The topological polar surface area (TPSA) is 144 Å². The van der Waals surface area contributed by atoms with Crippen molar-refractivity contribution in [2.75, 3.05) is 0 Å². The van der Waals surface area contributed by atoms with Gasteiger partial charge < -0.3 is 21.7 Å². The number of nitrogens with two attached hydrogens (primary N) is 2. The van der Waals surface area contributed by atoms with Crippen LogP contribution in [0.2, 0.25) is 0 Å². The maximum Gasteiger partial charge on any atom is 0.417 e. The minimum atomic E-state index is -1.16. The van der Waals surface area contributed by atoms with Gasteiger partial charge in [0.25, 0.3) is 0 Å². The van der Waals surface area contributed by atoms with E-state index in [2.05, 4.69) is 4.98 Å². The molecule has 1 heterocycles. The van der Waals surface area contributed by atoms with E-state index in [9.17, 15) is 9.59 Å². The van der Waals surface area contributed by atoms with Crippen molar-refractivity contribution in [3.63, 3.8) is 0 Å². The summed E-state index contributed by atoms with van der Waals surface area (Å²) >= 11 is 0. The maximum atomic E-state index is 11.0. The van der Waals surface area contributed by atoms with Gasteiger partial charge in [-0.1, -0.05) is 0 Å². The van der Waals surface area contributed by atoms with E-state index < -0.39 is 18.1 Å². The summed E-state index contributed by atoms with van der Waals surface area (Å²) in [6.45, 7) is 1.79. The van der Waals surface area contributed by atoms with Crippen molar-refractivity contribution < 1.29 is 19.8 Å². The molecule has 0 aromatic carbocycles. The predicted molar refractivity (Wildman–Crippen MR) is 66.9 cm³/mol. The standard InChI is InChI=1S/C11H18N4O4/c1-6(12)4-7-5-15(11(18)19)9(14-7)3-2-8(13)10(16)17/h5-6,8H,2-4,12-13H2,1H3,(H,16,17)(H,18,19)/t6-,8?/m1/s1. The molecule has 1 aromatic heterocycles. The van der Waals surface area contributed by atoms with E-state index in [4.69, 9.17) is 21.7 Å². The fourth-order valence-corrected chi connectivity index (χ4v) is 1.65. The molecule has 8 heteroatoms. The molecule has 0 saturated heterocycles. The number of aryl methyl sites for hydroxylation is 1. The summed E-state index contributed by atoms with van der Waals surface area (Å²) in [7, 11) is 0. The van der Waals surface area contributed by atoms with Gasteiger partial charge in [-0.05, 0) is 13.3 Å². The molecule has 8 nitrogen and oxygen atoms in total. The quantitative estimate of drug-likeness (QED) is 0.552. The van der Waals surface area contributed by atoms with Crippen LogP contribution < -0.4 is 11.5 Å². The molecule has 0 fully saturated rings. The van der Waals surface area contributed by atoms with Gasteiger partial charge in [-0.15, -0.1) is 0 Å². The number of carboxylic acid groups (broad SMARTS) is 2. The molecular formula is C11H18N4O4. The third kappa shape index (κ3) is 4.34. The van der Waals surface area contributed by atoms with Gasteiger partial charge in [0.05, 0.1) is 5.69 Å². The van der Waals surface area contributed by atoms with Crippen LogP contribution in [0.4, 0.5) is 4.79 Å². The summed E-state index contributed by atoms with van der Waals surface area (Å²) in [5.41, 5.74) is 11.6. The van der Waals surface area contributed by atoms with Crippen LogP contribution in [0.15, 0.2) is 6.20 Å². The number of nitrogens with zero attached hydrogens (tertiary/aromatic N) is 2. The second kappa shape index (κ2) is 6.30. The van der Waals surface area contributed by atoms with Crippen LogP contribution in [-0.4, -0.2) is 43.9 Å². The highest BCUT2D eigenvalue weighted by atomic mass is 16.4. The Morgan fingerprint density at radius 3 is 2.53 bits per heavy atom. The van der Waals surface area contributed by atoms with Gasteiger partial charge in [0.2, 0.25) is 0 Å². The molecule has 0 amide bonds. The van der Waals surface area contributed by atoms with Crippen molar-refractivity contribution in [1.29, 1.82) is 0 Å². The number of carboxylic acids is 1. The van der Waals surface area contributed by atoms with Crippen LogP contribution in [0.3, 0.4) is 0 Å². The zero-order valence-corrected chi connectivity index (χ0v) is 10.6. The maximum absolute atomic E-state index is 11.0. The van der Waals surface area contributed by atoms with Gasteiger partial charge in [-0.3, -0.25) is 4.79 Å². The molecule has 0 aliphatic heterocycles. The minimum absolute atomic E-state index is 0.122. The number of imidazole rings is 1. The SMILES string of the molecule is C[C@@H](N)Cc1cn(C(=O)O)c(CCC(N)C(=O)O)n1. The first-order valence-electron chi connectivity index (χ1n) is 5.85. The molecule has 0 radical (unpaired) electrons. The Balaban J connectivity index is 2.83. The van der Waals surface area contributed by atoms with Gasteiger partial charge in [0.1, 0.15) is 11.9 Å². The van der Waals surface area contributed by atoms with Crippen LogP contribution in [0.1, 0.15) is 24.9 Å². The zero-order chi connectivity index (χ0) is 14.6. The molecule has 0 aliphatic carbocycles. The number of carbonyl (C=O) groups is 2. The summed E-state index contributed by atoms with van der Waals surface area (Å²) in [6, 6.07) is -1.16. The van der Waals surface area contributed by atoms with Gasteiger partial charge >= 0.3 is 12.1 Å². The molecule has 1 rings (SSSR count). The molecule has 2 atom stereocenters. The minimum Gasteiger partial charge on any atom is -0.480 e. The summed E-state index contributed by atoms with van der Waals surface area (Å²) in [5.74, 6) is -0.843. The highest BCUT2D eigenvalue weighted by Crippen LogP contribution is 2.09. The lowest BCUT2D eigenvalue weighted by Gasteiger charge is -2.05. The first-order chi connectivity index (χ1) is 8.81. The highest BCUT2D eigenvalue weighted by Gasteiger charge is 2.17. The molecule has 0 saturated carbocycles. The second-order valence-corrected chi connectivity index (χ2v) is 4.47. The molecule has 1 unspecified atom stereocenters. The number of aromatic nitrogens is 2. The van der Waals surface area contributed by atoms with Gasteiger partial charge in [0, 0.05) is 25.1 Å². The first-order valence-corrected chi connectivity index (χ1v) is 5.85. The molecule has 6 N–H and O–H groups in total. The fraction of sp³-hybridized carbons (Fsp3) is 0.545. The molecule has 0 aliphatic rings. The molecule has 0 bridgehead atoms. The van der Waals surface area contributed by atoms with E-state index in [0.29, 0.717) is 12.1 Å². The summed E-state index contributed by atoms with van der Waals surface area (Å²) in [6.07, 6.45) is 0.990. The monoisotopic (exact) mass is 270 g/mol. The van der Waals surface area contributed by atoms with Gasteiger partial charge in [-0.2, -0.15) is 0 Å². The van der Waals surface area contributed by atoms with Crippen LogP contribution in [0.25, 0.3) is 0 Å². The van der Waals surface area contributed by atoms with Crippen molar-refractivity contribution >= 4 is 12.1 Å². The third-order valence-electron chi connectivity index (χ3n) is 2.56. The van der Waals surface area contributed by atoms with E-state index >= 15 is 0 Å². The Bertz CT molecular complexity index is 469. The van der Waals surface area contributed by atoms with E-state index in [1.54, 1.807) is 6.92 Å². The van der Waals surface area contributed by atoms with Gasteiger partial charge in [-0.25, -0.2) is 14.3 Å². The Morgan fingerprint density at radius 2 is 2.05 bits per heavy atom. The summed E-state index contributed by atoms with van der Waals surface area (Å²) < 4.78 is 0.978. The normalized spacial score (nSPS) is 14.1. The Hall–Kier alpha value is -1.93. The van der Waals surface area contributed by atoms with Crippen molar-refractivity contribution in [2.24, 2.45) is 11.5 Å². The Labute approximate surface area is 110 Å². The van der Waals surface area contributed by atoms with Crippen molar-refractivity contribution in [1.82, 2.24) is 9.55 Å². The average Bonchev–Trinajstić information content (AvgIpc) is 2.67. The highest BCUT2D eigenvalue weighted by molar-refractivity contribution is 5.73. The largest absolute Gasteiger partial charge is 0.480 e. The van der Waals surface area contributed by atoms with Crippen LogP contribution in [0, 0.1) is 0 Å². The molecule has 106 valence electrons. The number of hydrogen-bond donors (Lipinski definition) is 4. The lowest BCUT2D eigenvalue weighted by Crippen LogP contribution is -2.31. The number of hydrogen-bond acceptors (Lipinski definition) is 5. The Kier molecular flexibility index (Phi) is 5.02. The lowest BCUT2D eigenvalue weighted by molar-refractivity contribution is -0.138. The fourth-order valence-electron chi connectivity index (χ4n) is 1.65. The number of aliphatic carboxylic acids is 1. The van der Waals surface area contributed by atoms with E-state index in [0.717, 1.165) is 4.57 Å². The summed E-state index contributed by atoms with van der Waals surface area (Å²) in [5, 5.41) is 17.7. The molecular weight excluding hydrogens is 252 g/mol. The van der Waals surface area contributed by atoms with Crippen LogP contribution in [0.5, 0.6) is 0 Å². The van der Waals surface area contributed by atoms with E-state index in [1.807, 2.05) is 0 Å². The van der Waals surface area contributed by atoms with Crippen molar-refractivity contribution in [3.05, 3.63) is 17.7 Å². The van der Waals surface area contributed by atoms with E-state index in [-0.39, 0.29) is 24.7 Å².